The quantitative estimate of drug-likeness (QED) is 0.434. The van der Waals surface area contributed by atoms with E-state index in [1.165, 1.54) is 6.07 Å². The monoisotopic (exact) mass is 270 g/mol. The zero-order valence-corrected chi connectivity index (χ0v) is 10.7. The second kappa shape index (κ2) is 7.61. The Kier molecular flexibility index (Phi) is 6.12. The highest BCUT2D eigenvalue weighted by molar-refractivity contribution is 5.96. The second-order valence-electron chi connectivity index (χ2n) is 4.06. The van der Waals surface area contributed by atoms with Crippen LogP contribution in [0.1, 0.15) is 43.0 Å². The van der Waals surface area contributed by atoms with Crippen LogP contribution < -0.4 is 0 Å². The van der Waals surface area contributed by atoms with Crippen molar-refractivity contribution in [3.8, 4) is 0 Å². The van der Waals surface area contributed by atoms with E-state index in [1.807, 2.05) is 0 Å². The average molecular weight is 270 g/mol. The molecular formula is C14H16F2O3. The number of hydrogen-bond donors (Lipinski definition) is 0. The minimum atomic E-state index is -1.03. The molecular weight excluding hydrogens is 254 g/mol. The number of ketones is 1. The maximum Gasteiger partial charge on any atom is 0.305 e. The van der Waals surface area contributed by atoms with Crippen LogP contribution in [-0.4, -0.2) is 18.4 Å². The van der Waals surface area contributed by atoms with Gasteiger partial charge in [0.05, 0.1) is 6.61 Å². The van der Waals surface area contributed by atoms with Gasteiger partial charge in [0.15, 0.2) is 17.4 Å². The van der Waals surface area contributed by atoms with Gasteiger partial charge in [-0.25, -0.2) is 8.78 Å². The number of esters is 1. The van der Waals surface area contributed by atoms with Gasteiger partial charge in [-0.1, -0.05) is 0 Å². The molecule has 0 N–H and O–H groups in total. The first-order valence-electron chi connectivity index (χ1n) is 6.18. The average Bonchev–Trinajstić information content (AvgIpc) is 2.38. The number of Topliss-reactive ketones (excluding diaryl/α,β-unsaturated/α-hetero) is 1. The van der Waals surface area contributed by atoms with Gasteiger partial charge in [0.2, 0.25) is 0 Å². The van der Waals surface area contributed by atoms with Gasteiger partial charge >= 0.3 is 5.97 Å². The molecule has 3 nitrogen and oxygen atoms in total. The van der Waals surface area contributed by atoms with Crippen LogP contribution in [0, 0.1) is 11.6 Å². The maximum atomic E-state index is 12.9. The van der Waals surface area contributed by atoms with Crippen LogP contribution in [0.5, 0.6) is 0 Å². The summed E-state index contributed by atoms with van der Waals surface area (Å²) in [7, 11) is 0. The van der Waals surface area contributed by atoms with Crippen molar-refractivity contribution in [3.63, 3.8) is 0 Å². The minimum absolute atomic E-state index is 0.148. The second-order valence-corrected chi connectivity index (χ2v) is 4.06. The first kappa shape index (κ1) is 15.3. The Bertz CT molecular complexity index is 458. The van der Waals surface area contributed by atoms with Crippen LogP contribution in [0.3, 0.4) is 0 Å². The van der Waals surface area contributed by atoms with Crippen molar-refractivity contribution < 1.29 is 23.1 Å². The lowest BCUT2D eigenvalue weighted by atomic mass is 10.0. The van der Waals surface area contributed by atoms with Crippen LogP contribution in [-0.2, 0) is 9.53 Å². The predicted molar refractivity (Wildman–Crippen MR) is 65.8 cm³/mol. The van der Waals surface area contributed by atoms with Gasteiger partial charge in [0, 0.05) is 18.4 Å². The fourth-order valence-electron chi connectivity index (χ4n) is 1.60. The fourth-order valence-corrected chi connectivity index (χ4v) is 1.60. The summed E-state index contributed by atoms with van der Waals surface area (Å²) < 4.78 is 30.4. The van der Waals surface area contributed by atoms with Gasteiger partial charge in [-0.2, -0.15) is 0 Å². The number of carbonyl (C=O) groups excluding carboxylic acids is 2. The fraction of sp³-hybridized carbons (Fsp3) is 0.429. The van der Waals surface area contributed by atoms with Crippen molar-refractivity contribution in [3.05, 3.63) is 35.4 Å². The SMILES string of the molecule is CCOC(=O)CCCCC(=O)c1ccc(F)c(F)c1. The zero-order chi connectivity index (χ0) is 14.3. The van der Waals surface area contributed by atoms with Crippen molar-refractivity contribution >= 4 is 11.8 Å². The van der Waals surface area contributed by atoms with Crippen LogP contribution >= 0.6 is 0 Å². The van der Waals surface area contributed by atoms with E-state index >= 15 is 0 Å². The highest BCUT2D eigenvalue weighted by Crippen LogP contribution is 2.12. The molecule has 0 fully saturated rings. The Balaban J connectivity index is 2.35. The normalized spacial score (nSPS) is 10.3. The van der Waals surface area contributed by atoms with E-state index in [0.717, 1.165) is 12.1 Å². The lowest BCUT2D eigenvalue weighted by molar-refractivity contribution is -0.143. The third kappa shape index (κ3) is 5.16. The molecule has 0 bridgehead atoms. The first-order chi connectivity index (χ1) is 9.04. The molecule has 0 unspecified atom stereocenters. The summed E-state index contributed by atoms with van der Waals surface area (Å²) in [4.78, 5) is 22.7. The number of ether oxygens (including phenoxy) is 1. The molecule has 5 heteroatoms. The number of hydrogen-bond acceptors (Lipinski definition) is 3. The smallest absolute Gasteiger partial charge is 0.305 e. The van der Waals surface area contributed by atoms with Gasteiger partial charge in [-0.3, -0.25) is 9.59 Å². The summed E-state index contributed by atoms with van der Waals surface area (Å²) in [5.74, 6) is -2.55. The molecule has 0 aliphatic rings. The van der Waals surface area contributed by atoms with Crippen molar-refractivity contribution in [2.24, 2.45) is 0 Å². The van der Waals surface area contributed by atoms with E-state index < -0.39 is 11.6 Å². The summed E-state index contributed by atoms with van der Waals surface area (Å²) in [6.07, 6.45) is 1.51. The number of halogens is 2. The van der Waals surface area contributed by atoms with Gasteiger partial charge in [0.1, 0.15) is 0 Å². The van der Waals surface area contributed by atoms with Crippen LogP contribution in [0.4, 0.5) is 8.78 Å². The molecule has 1 aromatic rings. The summed E-state index contributed by atoms with van der Waals surface area (Å²) in [6.45, 7) is 2.07. The molecule has 19 heavy (non-hydrogen) atoms. The molecule has 0 atom stereocenters. The van der Waals surface area contributed by atoms with Crippen LogP contribution in [0.15, 0.2) is 18.2 Å². The van der Waals surface area contributed by atoms with Crippen LogP contribution in [0.25, 0.3) is 0 Å². The van der Waals surface area contributed by atoms with E-state index in [9.17, 15) is 18.4 Å². The molecule has 0 radical (unpaired) electrons. The lowest BCUT2D eigenvalue weighted by Crippen LogP contribution is -2.05. The van der Waals surface area contributed by atoms with E-state index in [4.69, 9.17) is 4.74 Å². The molecule has 0 aliphatic carbocycles. The van der Waals surface area contributed by atoms with Crippen molar-refractivity contribution in [1.82, 2.24) is 0 Å². The molecule has 104 valence electrons. The molecule has 0 saturated carbocycles. The van der Waals surface area contributed by atoms with Gasteiger partial charge in [-0.15, -0.1) is 0 Å². The number of unbranched alkanes of at least 4 members (excludes halogenated alkanes) is 1. The van der Waals surface area contributed by atoms with Gasteiger partial charge < -0.3 is 4.74 Å². The van der Waals surface area contributed by atoms with Gasteiger partial charge in [0.25, 0.3) is 0 Å². The summed E-state index contributed by atoms with van der Waals surface area (Å²) in [5.41, 5.74) is 0.148. The maximum absolute atomic E-state index is 12.9. The number of carbonyl (C=O) groups is 2. The Morgan fingerprint density at radius 1 is 1.11 bits per heavy atom. The minimum Gasteiger partial charge on any atom is -0.466 e. The highest BCUT2D eigenvalue weighted by Gasteiger charge is 2.10. The Labute approximate surface area is 110 Å². The largest absolute Gasteiger partial charge is 0.466 e. The Morgan fingerprint density at radius 2 is 1.79 bits per heavy atom. The first-order valence-corrected chi connectivity index (χ1v) is 6.18. The van der Waals surface area contributed by atoms with E-state index in [-0.39, 0.29) is 30.2 Å². The summed E-state index contributed by atoms with van der Waals surface area (Å²) >= 11 is 0. The summed E-state index contributed by atoms with van der Waals surface area (Å²) in [5, 5.41) is 0. The topological polar surface area (TPSA) is 43.4 Å². The molecule has 1 rings (SSSR count). The third-order valence-electron chi connectivity index (χ3n) is 2.58. The highest BCUT2D eigenvalue weighted by atomic mass is 19.2. The molecule has 0 spiro atoms. The zero-order valence-electron chi connectivity index (χ0n) is 10.7. The standard InChI is InChI=1S/C14H16F2O3/c1-2-19-14(18)6-4-3-5-13(17)10-7-8-11(15)12(16)9-10/h7-9H,2-6H2,1H3. The molecule has 0 aliphatic heterocycles. The number of benzene rings is 1. The van der Waals surface area contributed by atoms with Crippen molar-refractivity contribution in [2.75, 3.05) is 6.61 Å². The summed E-state index contributed by atoms with van der Waals surface area (Å²) in [6, 6.07) is 3.08. The molecule has 1 aromatic carbocycles. The van der Waals surface area contributed by atoms with E-state index in [2.05, 4.69) is 0 Å². The molecule has 0 aromatic heterocycles. The van der Waals surface area contributed by atoms with Crippen molar-refractivity contribution in [2.45, 2.75) is 32.6 Å². The molecule has 0 amide bonds. The Morgan fingerprint density at radius 3 is 2.42 bits per heavy atom. The third-order valence-corrected chi connectivity index (χ3v) is 2.58. The lowest BCUT2D eigenvalue weighted by Gasteiger charge is -2.03. The predicted octanol–water partition coefficient (Wildman–Crippen LogP) is 3.27. The van der Waals surface area contributed by atoms with Crippen molar-refractivity contribution in [1.29, 1.82) is 0 Å². The Hall–Kier alpha value is -1.78. The van der Waals surface area contributed by atoms with Crippen LogP contribution in [0.2, 0.25) is 0 Å². The molecule has 0 saturated heterocycles. The van der Waals surface area contributed by atoms with E-state index in [1.54, 1.807) is 6.92 Å². The van der Waals surface area contributed by atoms with E-state index in [0.29, 0.717) is 19.4 Å². The van der Waals surface area contributed by atoms with Gasteiger partial charge in [-0.05, 0) is 38.0 Å². The molecule has 0 heterocycles. The number of rotatable bonds is 7.